The van der Waals surface area contributed by atoms with E-state index in [2.05, 4.69) is 37.4 Å². The molecule has 4 aliphatic heterocycles. The molecule has 2 aromatic heterocycles. The number of aromatic nitrogens is 5. The van der Waals surface area contributed by atoms with E-state index in [9.17, 15) is 9.90 Å². The van der Waals surface area contributed by atoms with Crippen LogP contribution in [0.4, 0.5) is 16.4 Å². The largest absolute Gasteiger partial charge is 0.491 e. The average Bonchev–Trinajstić information content (AvgIpc) is 3.91. The molecule has 0 bridgehead atoms. The van der Waals surface area contributed by atoms with Crippen LogP contribution in [-0.4, -0.2) is 128 Å². The number of methoxy groups -OCH3 is 1. The van der Waals surface area contributed by atoms with Crippen LogP contribution < -0.4 is 19.9 Å². The van der Waals surface area contributed by atoms with Crippen LogP contribution in [-0.2, 0) is 40.6 Å². The minimum atomic E-state index is -2.11. The SMILES string of the molecule is COC(=O)C(NC(=O)N1C(=O)C2(c3cc(C#CCn4nnc5ccccc54)ccc31)C(C(=O)N1CCN(c3ncccn3)CC1)C1C(=O)OC(c3ccccc3)C(c3ccccc3)N1C2c1ccc(OCCO)cc1)C(C)C. The molecule has 4 aliphatic rings. The molecule has 7 aromatic rings. The molecule has 11 rings (SSSR count). The van der Waals surface area contributed by atoms with E-state index in [-0.39, 0.29) is 44.1 Å². The van der Waals surface area contributed by atoms with Gasteiger partial charge in [0.05, 0.1) is 42.9 Å². The third-order valence-corrected chi connectivity index (χ3v) is 15.2. The zero-order valence-corrected chi connectivity index (χ0v) is 43.1. The number of benzene rings is 5. The van der Waals surface area contributed by atoms with Gasteiger partial charge in [0.15, 0.2) is 0 Å². The molecule has 7 unspecified atom stereocenters. The fourth-order valence-corrected chi connectivity index (χ4v) is 11.7. The number of nitrogens with one attached hydrogen (secondary N) is 1. The summed E-state index contributed by atoms with van der Waals surface area (Å²) in [4.78, 5) is 93.4. The van der Waals surface area contributed by atoms with E-state index < -0.39 is 77.3 Å². The number of rotatable bonds is 12. The van der Waals surface area contributed by atoms with Crippen LogP contribution >= 0.6 is 0 Å². The Balaban J connectivity index is 1.16. The Hall–Kier alpha value is -8.99. The fraction of sp³-hybridized carbons (Fsp3) is 0.305. The number of fused-ring (bicyclic) bond motifs is 4. The van der Waals surface area contributed by atoms with Crippen molar-refractivity contribution in [3.63, 3.8) is 0 Å². The smallest absolute Gasteiger partial charge is 0.329 e. The Bertz CT molecular complexity index is 3440. The number of piperazine rings is 1. The number of cyclic esters (lactones) is 1. The first-order chi connectivity index (χ1) is 38.0. The number of ether oxygens (including phenoxy) is 3. The number of esters is 2. The lowest BCUT2D eigenvalue weighted by Gasteiger charge is -2.46. The molecule has 19 heteroatoms. The predicted molar refractivity (Wildman–Crippen MR) is 285 cm³/mol. The fourth-order valence-electron chi connectivity index (χ4n) is 11.7. The van der Waals surface area contributed by atoms with Gasteiger partial charge >= 0.3 is 18.0 Å². The third kappa shape index (κ3) is 9.01. The molecule has 4 amide bonds. The number of anilines is 2. The molecule has 3 fully saturated rings. The number of amides is 4. The molecule has 0 aliphatic carbocycles. The first-order valence-electron chi connectivity index (χ1n) is 25.9. The highest BCUT2D eigenvalue weighted by molar-refractivity contribution is 6.25. The zero-order valence-electron chi connectivity index (χ0n) is 43.1. The number of aliphatic hydroxyl groups is 1. The Kier molecular flexibility index (Phi) is 14.1. The summed E-state index contributed by atoms with van der Waals surface area (Å²) in [6, 6.07) is 34.5. The normalized spacial score (nSPS) is 22.1. The van der Waals surface area contributed by atoms with Crippen molar-refractivity contribution in [2.45, 2.75) is 56.1 Å². The monoisotopic (exact) mass is 1050 g/mol. The van der Waals surface area contributed by atoms with Gasteiger partial charge in [-0.2, -0.15) is 0 Å². The average molecular weight is 1050 g/mol. The van der Waals surface area contributed by atoms with Crippen molar-refractivity contribution in [2.24, 2.45) is 11.8 Å². The Morgan fingerprint density at radius 3 is 2.21 bits per heavy atom. The highest BCUT2D eigenvalue weighted by Crippen LogP contribution is 2.66. The number of imide groups is 1. The van der Waals surface area contributed by atoms with Crippen LogP contribution in [0.15, 0.2) is 146 Å². The van der Waals surface area contributed by atoms with Gasteiger partial charge in [-0.05, 0) is 76.7 Å². The van der Waals surface area contributed by atoms with E-state index in [0.29, 0.717) is 47.0 Å². The number of hydrogen-bond donors (Lipinski definition) is 2. The number of para-hydroxylation sites is 1. The van der Waals surface area contributed by atoms with Crippen LogP contribution in [0.2, 0.25) is 0 Å². The van der Waals surface area contributed by atoms with Crippen LogP contribution in [0.5, 0.6) is 5.75 Å². The summed E-state index contributed by atoms with van der Waals surface area (Å²) in [5, 5.41) is 21.1. The first kappa shape index (κ1) is 51.1. The van der Waals surface area contributed by atoms with Gasteiger partial charge in [0, 0.05) is 44.1 Å². The molecule has 2 N–H and O–H groups in total. The highest BCUT2D eigenvalue weighted by Gasteiger charge is 2.76. The van der Waals surface area contributed by atoms with Gasteiger partial charge in [-0.15, -0.1) is 5.10 Å². The second-order valence-electron chi connectivity index (χ2n) is 19.9. The molecule has 0 saturated carbocycles. The summed E-state index contributed by atoms with van der Waals surface area (Å²) in [6.07, 6.45) is 2.34. The van der Waals surface area contributed by atoms with Crippen molar-refractivity contribution in [3.8, 4) is 17.6 Å². The van der Waals surface area contributed by atoms with Gasteiger partial charge < -0.3 is 34.4 Å². The topological polar surface area (TPSA) is 215 Å². The number of nitrogens with zero attached hydrogens (tertiary/aromatic N) is 9. The van der Waals surface area contributed by atoms with Crippen molar-refractivity contribution in [2.75, 3.05) is 56.3 Å². The van der Waals surface area contributed by atoms with Gasteiger partial charge in [0.1, 0.15) is 48.0 Å². The third-order valence-electron chi connectivity index (χ3n) is 15.2. The lowest BCUT2D eigenvalue weighted by Crippen LogP contribution is -2.60. The second kappa shape index (κ2) is 21.6. The first-order valence-corrected chi connectivity index (χ1v) is 25.9. The number of hydrogen-bond acceptors (Lipinski definition) is 15. The van der Waals surface area contributed by atoms with E-state index >= 15 is 19.2 Å². The van der Waals surface area contributed by atoms with E-state index in [1.165, 1.54) is 7.11 Å². The molecular formula is C59H56N10O9. The van der Waals surface area contributed by atoms with Crippen LogP contribution in [0, 0.1) is 23.7 Å². The number of carbonyl (C=O) groups is 5. The van der Waals surface area contributed by atoms with Gasteiger partial charge in [-0.1, -0.05) is 116 Å². The Morgan fingerprint density at radius 2 is 1.51 bits per heavy atom. The molecule has 6 heterocycles. The van der Waals surface area contributed by atoms with Gasteiger partial charge in [0.2, 0.25) is 17.8 Å². The molecule has 0 radical (unpaired) electrons. The number of aliphatic hydroxyl groups excluding tert-OH is 1. The van der Waals surface area contributed by atoms with E-state index in [1.807, 2.05) is 94.7 Å². The number of morpholine rings is 1. The quantitative estimate of drug-likeness (QED) is 0.113. The Morgan fingerprint density at radius 1 is 0.821 bits per heavy atom. The summed E-state index contributed by atoms with van der Waals surface area (Å²) in [5.74, 6) is 2.58. The highest BCUT2D eigenvalue weighted by atomic mass is 16.6. The molecule has 3 saturated heterocycles. The lowest BCUT2D eigenvalue weighted by molar-refractivity contribution is -0.179. The standard InChI is InChI=1S/C59H56N10O9/c1-37(2)48(54(72)76-3)62-58(75)68-45-26-21-38(14-12-29-67-46-20-11-10-19-44(46)63-64-67)36-43(45)59(56(68)74)47(53(71)65-30-32-66(33-31-65)57-60-27-13-28-61-57)50-55(73)78-51(40-17-8-5-9-18-40)49(39-15-6-4-7-16-39)69(50)52(59)41-22-24-42(25-23-41)77-35-34-70/h4-11,13,15-28,36-37,47-52,70H,29-35H2,1-3H3,(H,62,75). The molecule has 19 nitrogen and oxygen atoms in total. The van der Waals surface area contributed by atoms with Crippen molar-refractivity contribution in [1.29, 1.82) is 0 Å². The lowest BCUT2D eigenvalue weighted by atomic mass is 9.64. The van der Waals surface area contributed by atoms with E-state index in [1.54, 1.807) is 84.4 Å². The Labute approximate surface area is 449 Å². The van der Waals surface area contributed by atoms with Crippen molar-refractivity contribution in [3.05, 3.63) is 174 Å². The second-order valence-corrected chi connectivity index (χ2v) is 19.9. The summed E-state index contributed by atoms with van der Waals surface area (Å²) >= 11 is 0. The van der Waals surface area contributed by atoms with E-state index in [4.69, 9.17) is 14.2 Å². The molecular weight excluding hydrogens is 993 g/mol. The molecule has 1 spiro atoms. The maximum atomic E-state index is 17.0. The number of urea groups is 1. The molecule has 396 valence electrons. The van der Waals surface area contributed by atoms with Crippen molar-refractivity contribution >= 4 is 52.5 Å². The van der Waals surface area contributed by atoms with Crippen molar-refractivity contribution < 1.29 is 43.3 Å². The minimum absolute atomic E-state index is 0.0116. The summed E-state index contributed by atoms with van der Waals surface area (Å²) in [7, 11) is 1.22. The molecule has 5 aromatic carbocycles. The minimum Gasteiger partial charge on any atom is -0.491 e. The zero-order chi connectivity index (χ0) is 54.1. The summed E-state index contributed by atoms with van der Waals surface area (Å²) in [6.45, 7) is 4.42. The van der Waals surface area contributed by atoms with Crippen molar-refractivity contribution in [1.82, 2.24) is 40.1 Å². The van der Waals surface area contributed by atoms with Crippen LogP contribution in [0.1, 0.15) is 59.9 Å². The van der Waals surface area contributed by atoms with Gasteiger partial charge in [-0.25, -0.2) is 29.1 Å². The van der Waals surface area contributed by atoms with E-state index in [0.717, 1.165) is 16.0 Å². The van der Waals surface area contributed by atoms with Gasteiger partial charge in [0.25, 0.3) is 0 Å². The van der Waals surface area contributed by atoms with Gasteiger partial charge in [-0.3, -0.25) is 19.3 Å². The molecule has 78 heavy (non-hydrogen) atoms. The molecule has 7 atom stereocenters. The summed E-state index contributed by atoms with van der Waals surface area (Å²) in [5.41, 5.74) is 2.09. The van der Waals surface area contributed by atoms with Crippen LogP contribution in [0.25, 0.3) is 11.0 Å². The summed E-state index contributed by atoms with van der Waals surface area (Å²) < 4.78 is 19.4. The predicted octanol–water partition coefficient (Wildman–Crippen LogP) is 5.57. The van der Waals surface area contributed by atoms with Crippen LogP contribution in [0.3, 0.4) is 0 Å². The number of carbonyl (C=O) groups excluding carboxylic acids is 5. The maximum absolute atomic E-state index is 17.0. The maximum Gasteiger partial charge on any atom is 0.329 e.